The van der Waals surface area contributed by atoms with Gasteiger partial charge in [0.25, 0.3) is 0 Å². The molecule has 0 aliphatic heterocycles. The first-order valence-corrected chi connectivity index (χ1v) is 6.18. The molecule has 0 saturated heterocycles. The standard InChI is InChI=1S/C14H23NO/c1-3-5-12-6-8-13(9-7-12)14(16,11-15)10-4-2/h6-9,16H,3-5,10-11,15H2,1-2H3. The molecular formula is C14H23NO. The second kappa shape index (κ2) is 6.02. The van der Waals surface area contributed by atoms with E-state index in [1.807, 2.05) is 12.1 Å². The fourth-order valence-corrected chi connectivity index (χ4v) is 2.05. The van der Waals surface area contributed by atoms with Crippen molar-refractivity contribution < 1.29 is 5.11 Å². The third kappa shape index (κ3) is 3.06. The zero-order valence-electron chi connectivity index (χ0n) is 10.4. The van der Waals surface area contributed by atoms with Crippen LogP contribution in [0.15, 0.2) is 24.3 Å². The average molecular weight is 221 g/mol. The molecule has 16 heavy (non-hydrogen) atoms. The Morgan fingerprint density at radius 1 is 1.12 bits per heavy atom. The molecular weight excluding hydrogens is 198 g/mol. The molecule has 2 nitrogen and oxygen atoms in total. The summed E-state index contributed by atoms with van der Waals surface area (Å²) in [4.78, 5) is 0. The van der Waals surface area contributed by atoms with E-state index in [4.69, 9.17) is 5.73 Å². The molecule has 0 aromatic heterocycles. The van der Waals surface area contributed by atoms with Gasteiger partial charge in [-0.1, -0.05) is 51.0 Å². The van der Waals surface area contributed by atoms with E-state index in [1.165, 1.54) is 5.56 Å². The molecule has 0 heterocycles. The topological polar surface area (TPSA) is 46.2 Å². The van der Waals surface area contributed by atoms with Crippen LogP contribution in [0.1, 0.15) is 44.2 Å². The van der Waals surface area contributed by atoms with E-state index in [0.29, 0.717) is 0 Å². The van der Waals surface area contributed by atoms with Gasteiger partial charge in [-0.3, -0.25) is 0 Å². The number of benzene rings is 1. The van der Waals surface area contributed by atoms with Gasteiger partial charge in [0, 0.05) is 6.54 Å². The summed E-state index contributed by atoms with van der Waals surface area (Å²) < 4.78 is 0. The van der Waals surface area contributed by atoms with Crippen molar-refractivity contribution in [2.75, 3.05) is 6.54 Å². The largest absolute Gasteiger partial charge is 0.384 e. The number of hydrogen-bond acceptors (Lipinski definition) is 2. The van der Waals surface area contributed by atoms with E-state index in [1.54, 1.807) is 0 Å². The molecule has 3 N–H and O–H groups in total. The van der Waals surface area contributed by atoms with Gasteiger partial charge in [-0.15, -0.1) is 0 Å². The molecule has 0 saturated carbocycles. The summed E-state index contributed by atoms with van der Waals surface area (Å²) >= 11 is 0. The number of rotatable bonds is 6. The van der Waals surface area contributed by atoms with E-state index < -0.39 is 5.60 Å². The lowest BCUT2D eigenvalue weighted by molar-refractivity contribution is 0.0359. The normalized spacial score (nSPS) is 14.8. The molecule has 90 valence electrons. The summed E-state index contributed by atoms with van der Waals surface area (Å²) in [7, 11) is 0. The van der Waals surface area contributed by atoms with Gasteiger partial charge in [0.05, 0.1) is 0 Å². The van der Waals surface area contributed by atoms with Gasteiger partial charge in [-0.05, 0) is 24.0 Å². The molecule has 0 aliphatic carbocycles. The third-order valence-electron chi connectivity index (χ3n) is 3.03. The summed E-state index contributed by atoms with van der Waals surface area (Å²) in [6.07, 6.45) is 3.89. The summed E-state index contributed by atoms with van der Waals surface area (Å²) in [5, 5.41) is 10.4. The van der Waals surface area contributed by atoms with Crippen LogP contribution in [0.2, 0.25) is 0 Å². The Morgan fingerprint density at radius 2 is 1.75 bits per heavy atom. The highest BCUT2D eigenvalue weighted by Crippen LogP contribution is 2.25. The molecule has 0 fully saturated rings. The van der Waals surface area contributed by atoms with Crippen molar-refractivity contribution in [3.05, 3.63) is 35.4 Å². The highest BCUT2D eigenvalue weighted by atomic mass is 16.3. The van der Waals surface area contributed by atoms with Crippen molar-refractivity contribution in [2.45, 2.75) is 45.1 Å². The summed E-state index contributed by atoms with van der Waals surface area (Å²) in [5.41, 5.74) is 7.09. The Hall–Kier alpha value is -0.860. The number of hydrogen-bond donors (Lipinski definition) is 2. The van der Waals surface area contributed by atoms with Crippen LogP contribution in [-0.4, -0.2) is 11.7 Å². The van der Waals surface area contributed by atoms with Gasteiger partial charge in [-0.2, -0.15) is 0 Å². The Balaban J connectivity index is 2.85. The molecule has 1 unspecified atom stereocenters. The predicted molar refractivity (Wildman–Crippen MR) is 68.3 cm³/mol. The number of nitrogens with two attached hydrogens (primary N) is 1. The fourth-order valence-electron chi connectivity index (χ4n) is 2.05. The van der Waals surface area contributed by atoms with E-state index in [2.05, 4.69) is 26.0 Å². The highest BCUT2D eigenvalue weighted by Gasteiger charge is 2.25. The maximum atomic E-state index is 10.4. The monoisotopic (exact) mass is 221 g/mol. The van der Waals surface area contributed by atoms with Gasteiger partial charge in [0.1, 0.15) is 5.60 Å². The van der Waals surface area contributed by atoms with Crippen LogP contribution < -0.4 is 5.73 Å². The van der Waals surface area contributed by atoms with Crippen LogP contribution in [0.4, 0.5) is 0 Å². The van der Waals surface area contributed by atoms with Crippen molar-refractivity contribution in [3.63, 3.8) is 0 Å². The van der Waals surface area contributed by atoms with Crippen LogP contribution in [-0.2, 0) is 12.0 Å². The minimum atomic E-state index is -0.848. The zero-order valence-corrected chi connectivity index (χ0v) is 10.4. The maximum Gasteiger partial charge on any atom is 0.102 e. The fraction of sp³-hybridized carbons (Fsp3) is 0.571. The molecule has 1 aromatic carbocycles. The maximum absolute atomic E-state index is 10.4. The second-order valence-corrected chi connectivity index (χ2v) is 4.43. The minimum absolute atomic E-state index is 0.286. The van der Waals surface area contributed by atoms with Crippen molar-refractivity contribution >= 4 is 0 Å². The second-order valence-electron chi connectivity index (χ2n) is 4.43. The molecule has 2 heteroatoms. The lowest BCUT2D eigenvalue weighted by Crippen LogP contribution is -2.34. The first-order chi connectivity index (χ1) is 7.66. The van der Waals surface area contributed by atoms with Gasteiger partial charge in [0.2, 0.25) is 0 Å². The Kier molecular flexibility index (Phi) is 4.97. The van der Waals surface area contributed by atoms with E-state index in [-0.39, 0.29) is 6.54 Å². The first kappa shape index (κ1) is 13.2. The SMILES string of the molecule is CCCc1ccc(C(O)(CN)CCC)cc1. The van der Waals surface area contributed by atoms with Gasteiger partial charge in [-0.25, -0.2) is 0 Å². The lowest BCUT2D eigenvalue weighted by atomic mass is 9.88. The van der Waals surface area contributed by atoms with E-state index >= 15 is 0 Å². The minimum Gasteiger partial charge on any atom is -0.384 e. The van der Waals surface area contributed by atoms with Crippen molar-refractivity contribution in [3.8, 4) is 0 Å². The van der Waals surface area contributed by atoms with Gasteiger partial charge in [0.15, 0.2) is 0 Å². The van der Waals surface area contributed by atoms with Gasteiger partial charge < -0.3 is 10.8 Å². The summed E-state index contributed by atoms with van der Waals surface area (Å²) in [6.45, 7) is 4.52. The average Bonchev–Trinajstić information content (AvgIpc) is 2.30. The Bertz CT molecular complexity index is 307. The quantitative estimate of drug-likeness (QED) is 0.775. The van der Waals surface area contributed by atoms with Crippen LogP contribution in [0.3, 0.4) is 0 Å². The van der Waals surface area contributed by atoms with Crippen LogP contribution in [0.25, 0.3) is 0 Å². The first-order valence-electron chi connectivity index (χ1n) is 6.18. The smallest absolute Gasteiger partial charge is 0.102 e. The molecule has 0 bridgehead atoms. The van der Waals surface area contributed by atoms with Crippen molar-refractivity contribution in [1.82, 2.24) is 0 Å². The molecule has 1 rings (SSSR count). The molecule has 1 aromatic rings. The number of aliphatic hydroxyl groups is 1. The van der Waals surface area contributed by atoms with Crippen molar-refractivity contribution in [2.24, 2.45) is 5.73 Å². The molecule has 0 spiro atoms. The lowest BCUT2D eigenvalue weighted by Gasteiger charge is -2.26. The Labute approximate surface area is 98.5 Å². The third-order valence-corrected chi connectivity index (χ3v) is 3.03. The summed E-state index contributed by atoms with van der Waals surface area (Å²) in [5.74, 6) is 0. The zero-order chi connectivity index (χ0) is 12.0. The summed E-state index contributed by atoms with van der Waals surface area (Å²) in [6, 6.07) is 8.20. The van der Waals surface area contributed by atoms with Crippen LogP contribution >= 0.6 is 0 Å². The van der Waals surface area contributed by atoms with E-state index in [0.717, 1.165) is 31.2 Å². The number of aryl methyl sites for hydroxylation is 1. The molecule has 0 radical (unpaired) electrons. The molecule has 1 atom stereocenters. The van der Waals surface area contributed by atoms with E-state index in [9.17, 15) is 5.11 Å². The van der Waals surface area contributed by atoms with Crippen LogP contribution in [0, 0.1) is 0 Å². The van der Waals surface area contributed by atoms with Crippen LogP contribution in [0.5, 0.6) is 0 Å². The molecule has 0 aliphatic rings. The van der Waals surface area contributed by atoms with Gasteiger partial charge >= 0.3 is 0 Å². The Morgan fingerprint density at radius 3 is 2.19 bits per heavy atom. The predicted octanol–water partition coefficient (Wildman–Crippen LogP) is 2.59. The molecule has 0 amide bonds. The highest BCUT2D eigenvalue weighted by molar-refractivity contribution is 5.27. The van der Waals surface area contributed by atoms with Crippen molar-refractivity contribution in [1.29, 1.82) is 0 Å².